The summed E-state index contributed by atoms with van der Waals surface area (Å²) in [5.74, 6) is 2.06. The number of ketones is 1. The summed E-state index contributed by atoms with van der Waals surface area (Å²) in [6.45, 7) is 6.69. The Bertz CT molecular complexity index is 925. The lowest BCUT2D eigenvalue weighted by Crippen LogP contribution is -2.50. The van der Waals surface area contributed by atoms with E-state index in [1.807, 2.05) is 24.9 Å². The molecule has 1 aromatic heterocycles. The molecule has 3 fully saturated rings. The van der Waals surface area contributed by atoms with Gasteiger partial charge in [-0.2, -0.15) is 5.10 Å². The number of Topliss-reactive ketones (excluding diaryl/α,β-unsaturated/α-hetero) is 1. The summed E-state index contributed by atoms with van der Waals surface area (Å²) in [5.41, 5.74) is 4.58. The highest BCUT2D eigenvalue weighted by Crippen LogP contribution is 2.64. The fourth-order valence-electron chi connectivity index (χ4n) is 7.39. The fraction of sp³-hybridized carbons (Fsp3) is 0.680. The first-order valence-corrected chi connectivity index (χ1v) is 11.4. The van der Waals surface area contributed by atoms with Gasteiger partial charge in [-0.1, -0.05) is 25.5 Å². The van der Waals surface area contributed by atoms with Gasteiger partial charge in [0, 0.05) is 24.2 Å². The van der Waals surface area contributed by atoms with Gasteiger partial charge in [-0.3, -0.25) is 9.48 Å². The lowest BCUT2D eigenvalue weighted by molar-refractivity contribution is -0.130. The van der Waals surface area contributed by atoms with E-state index in [2.05, 4.69) is 31.1 Å². The molecule has 0 amide bonds. The molecule has 0 bridgehead atoms. The molecular formula is C25H34N2O2. The van der Waals surface area contributed by atoms with Crippen LogP contribution < -0.4 is 0 Å². The molecule has 4 aliphatic carbocycles. The number of nitrogens with zero attached hydrogens (tertiary/aromatic N) is 2. The quantitative estimate of drug-likeness (QED) is 0.559. The number of allylic oxidation sites excluding steroid dienone is 2. The van der Waals surface area contributed by atoms with Crippen LogP contribution in [0.3, 0.4) is 0 Å². The normalized spacial score (nSPS) is 43.0. The van der Waals surface area contributed by atoms with Gasteiger partial charge >= 0.3 is 0 Å². The van der Waals surface area contributed by atoms with Crippen LogP contribution in [0.1, 0.15) is 70.1 Å². The number of hydrogen-bond donors (Lipinski definition) is 1. The molecule has 1 N–H and O–H groups in total. The number of aromatic nitrogens is 2. The summed E-state index contributed by atoms with van der Waals surface area (Å²) in [5, 5.41) is 14.6. The van der Waals surface area contributed by atoms with Crippen molar-refractivity contribution in [1.29, 1.82) is 0 Å². The Morgan fingerprint density at radius 2 is 1.93 bits per heavy atom. The van der Waals surface area contributed by atoms with Gasteiger partial charge in [-0.05, 0) is 86.7 Å². The van der Waals surface area contributed by atoms with Crippen LogP contribution in [0.25, 0.3) is 6.08 Å². The monoisotopic (exact) mass is 394 g/mol. The Morgan fingerprint density at radius 1 is 1.17 bits per heavy atom. The maximum absolute atomic E-state index is 13.5. The topological polar surface area (TPSA) is 55.1 Å². The van der Waals surface area contributed by atoms with Crippen LogP contribution >= 0.6 is 0 Å². The highest BCUT2D eigenvalue weighted by Gasteiger charge is 2.59. The third-order valence-corrected chi connectivity index (χ3v) is 9.10. The maximum Gasteiger partial charge on any atom is 0.165 e. The van der Waals surface area contributed by atoms with Crippen LogP contribution in [0.2, 0.25) is 0 Å². The molecule has 0 radical (unpaired) electrons. The number of aryl methyl sites for hydroxylation is 2. The zero-order valence-electron chi connectivity index (χ0n) is 18.2. The number of aliphatic hydroxyl groups is 1. The highest BCUT2D eigenvalue weighted by atomic mass is 16.3. The number of aliphatic hydroxyl groups excluding tert-OH is 1. The van der Waals surface area contributed by atoms with E-state index in [0.717, 1.165) is 61.8 Å². The summed E-state index contributed by atoms with van der Waals surface area (Å²) in [4.78, 5) is 13.5. The first-order chi connectivity index (χ1) is 13.7. The number of fused-ring (bicyclic) bond motifs is 5. The molecule has 1 aromatic rings. The summed E-state index contributed by atoms with van der Waals surface area (Å²) < 4.78 is 1.83. The van der Waals surface area contributed by atoms with E-state index in [0.29, 0.717) is 23.5 Å². The molecule has 0 aromatic carbocycles. The zero-order valence-corrected chi connectivity index (χ0v) is 18.2. The molecule has 3 saturated carbocycles. The predicted molar refractivity (Wildman–Crippen MR) is 114 cm³/mol. The fourth-order valence-corrected chi connectivity index (χ4v) is 7.39. The molecule has 0 spiro atoms. The summed E-state index contributed by atoms with van der Waals surface area (Å²) >= 11 is 0. The van der Waals surface area contributed by atoms with Gasteiger partial charge in [0.1, 0.15) is 0 Å². The van der Waals surface area contributed by atoms with Crippen molar-refractivity contribution < 1.29 is 9.90 Å². The van der Waals surface area contributed by atoms with Gasteiger partial charge in [0.2, 0.25) is 0 Å². The smallest absolute Gasteiger partial charge is 0.165 e. The van der Waals surface area contributed by atoms with Crippen LogP contribution in [0.4, 0.5) is 0 Å². The van der Waals surface area contributed by atoms with Gasteiger partial charge in [0.15, 0.2) is 5.78 Å². The highest BCUT2D eigenvalue weighted by molar-refractivity contribution is 6.06. The molecule has 4 heteroatoms. The van der Waals surface area contributed by atoms with Gasteiger partial charge in [0.25, 0.3) is 0 Å². The molecule has 0 saturated heterocycles. The average Bonchev–Trinajstić information content (AvgIpc) is 3.12. The molecule has 6 atom stereocenters. The van der Waals surface area contributed by atoms with Crippen molar-refractivity contribution in [1.82, 2.24) is 9.78 Å². The van der Waals surface area contributed by atoms with Crippen LogP contribution in [-0.4, -0.2) is 26.8 Å². The molecule has 1 heterocycles. The summed E-state index contributed by atoms with van der Waals surface area (Å²) in [6.07, 6.45) is 13.4. The van der Waals surface area contributed by atoms with Crippen molar-refractivity contribution in [3.63, 3.8) is 0 Å². The molecule has 0 aliphatic heterocycles. The Kier molecular flexibility index (Phi) is 4.26. The first kappa shape index (κ1) is 19.3. The molecule has 0 unspecified atom stereocenters. The minimum absolute atomic E-state index is 0.162. The maximum atomic E-state index is 13.5. The van der Waals surface area contributed by atoms with Crippen LogP contribution in [0.5, 0.6) is 0 Å². The van der Waals surface area contributed by atoms with E-state index in [1.165, 1.54) is 5.57 Å². The van der Waals surface area contributed by atoms with Crippen LogP contribution in [0.15, 0.2) is 23.4 Å². The standard InChI is InChI=1S/C25H34N2O2/c1-15-17(14-27(4)26-15)11-16-12-22-20-6-5-18-13-19(28)7-9-24(18,2)21(20)8-10-25(22,3)23(16)29/h5,11,14,19-22,28H,6-10,12-13H2,1-4H3/b16-11+/t19-,20+,21-,22-,24+,25+/m1/s1. The van der Waals surface area contributed by atoms with Crippen molar-refractivity contribution in [2.24, 2.45) is 35.6 Å². The third-order valence-electron chi connectivity index (χ3n) is 9.10. The molecule has 156 valence electrons. The molecule has 4 nitrogen and oxygen atoms in total. The van der Waals surface area contributed by atoms with Crippen molar-refractivity contribution in [3.05, 3.63) is 34.7 Å². The second kappa shape index (κ2) is 6.41. The van der Waals surface area contributed by atoms with Crippen molar-refractivity contribution >= 4 is 11.9 Å². The lowest BCUT2D eigenvalue weighted by Gasteiger charge is -2.56. The molecule has 29 heavy (non-hydrogen) atoms. The summed E-state index contributed by atoms with van der Waals surface area (Å²) in [7, 11) is 1.94. The number of carbonyl (C=O) groups excluding carboxylic acids is 1. The Labute approximate surface area is 174 Å². The van der Waals surface area contributed by atoms with Gasteiger partial charge in [0.05, 0.1) is 11.8 Å². The van der Waals surface area contributed by atoms with Gasteiger partial charge < -0.3 is 5.11 Å². The number of hydrogen-bond acceptors (Lipinski definition) is 3. The van der Waals surface area contributed by atoms with Crippen LogP contribution in [-0.2, 0) is 11.8 Å². The van der Waals surface area contributed by atoms with E-state index < -0.39 is 0 Å². The minimum Gasteiger partial charge on any atom is -0.393 e. The van der Waals surface area contributed by atoms with E-state index in [-0.39, 0.29) is 16.9 Å². The summed E-state index contributed by atoms with van der Waals surface area (Å²) in [6, 6.07) is 0. The zero-order chi connectivity index (χ0) is 20.6. The average molecular weight is 395 g/mol. The number of carbonyl (C=O) groups is 1. The van der Waals surface area contributed by atoms with Gasteiger partial charge in [-0.25, -0.2) is 0 Å². The Hall–Kier alpha value is -1.68. The van der Waals surface area contributed by atoms with E-state index in [1.54, 1.807) is 0 Å². The van der Waals surface area contributed by atoms with Crippen LogP contribution in [0, 0.1) is 35.5 Å². The lowest BCUT2D eigenvalue weighted by atomic mass is 9.48. The third kappa shape index (κ3) is 2.74. The van der Waals surface area contributed by atoms with Gasteiger partial charge in [-0.15, -0.1) is 0 Å². The SMILES string of the molecule is Cc1nn(C)cc1/C=C1\C[C@@H]2[C@H]3CC=C4C[C@H](O)CC[C@]4(C)[C@@H]3CC[C@]2(C)C1=O. The minimum atomic E-state index is -0.209. The molecular weight excluding hydrogens is 360 g/mol. The van der Waals surface area contributed by atoms with E-state index in [9.17, 15) is 9.90 Å². The second-order valence-corrected chi connectivity index (χ2v) is 10.7. The first-order valence-electron chi connectivity index (χ1n) is 11.4. The van der Waals surface area contributed by atoms with E-state index in [4.69, 9.17) is 0 Å². The Morgan fingerprint density at radius 3 is 2.66 bits per heavy atom. The molecule has 4 aliphatic rings. The number of rotatable bonds is 1. The largest absolute Gasteiger partial charge is 0.393 e. The van der Waals surface area contributed by atoms with Crippen molar-refractivity contribution in [2.45, 2.75) is 71.8 Å². The van der Waals surface area contributed by atoms with Crippen molar-refractivity contribution in [3.8, 4) is 0 Å². The van der Waals surface area contributed by atoms with E-state index >= 15 is 0 Å². The predicted octanol–water partition coefficient (Wildman–Crippen LogP) is 4.61. The van der Waals surface area contributed by atoms with Crippen molar-refractivity contribution in [2.75, 3.05) is 0 Å². The molecule has 5 rings (SSSR count). The Balaban J connectivity index is 1.49. The second-order valence-electron chi connectivity index (χ2n) is 10.7.